The molecule has 2 aliphatic rings. The highest BCUT2D eigenvalue weighted by Gasteiger charge is 2.34. The van der Waals surface area contributed by atoms with Crippen LogP contribution in [0.5, 0.6) is 0 Å². The highest BCUT2D eigenvalue weighted by Crippen LogP contribution is 2.28. The highest BCUT2D eigenvalue weighted by molar-refractivity contribution is 4.95. The molecule has 1 aromatic rings. The lowest BCUT2D eigenvalue weighted by Gasteiger charge is -2.34. The fourth-order valence-electron chi connectivity index (χ4n) is 2.70. The molecule has 0 saturated carbocycles. The highest BCUT2D eigenvalue weighted by atomic mass is 16.5. The minimum Gasteiger partial charge on any atom is -0.367 e. The quantitative estimate of drug-likeness (QED) is 0.740. The van der Waals surface area contributed by atoms with E-state index in [1.807, 2.05) is 0 Å². The zero-order valence-electron chi connectivity index (χ0n) is 9.83. The second kappa shape index (κ2) is 4.67. The van der Waals surface area contributed by atoms with Crippen molar-refractivity contribution in [1.29, 1.82) is 0 Å². The van der Waals surface area contributed by atoms with E-state index in [0.717, 1.165) is 19.0 Å². The van der Waals surface area contributed by atoms with Crippen molar-refractivity contribution in [3.8, 4) is 0 Å². The summed E-state index contributed by atoms with van der Waals surface area (Å²) in [6, 6.07) is 0.602. The largest absolute Gasteiger partial charge is 0.367 e. The summed E-state index contributed by atoms with van der Waals surface area (Å²) < 4.78 is 7.63. The lowest BCUT2D eigenvalue weighted by molar-refractivity contribution is -0.0559. The molecule has 17 heavy (non-hydrogen) atoms. The number of aromatic nitrogens is 4. The second-order valence-corrected chi connectivity index (χ2v) is 4.66. The van der Waals surface area contributed by atoms with Gasteiger partial charge in [-0.3, -0.25) is 4.90 Å². The fourth-order valence-corrected chi connectivity index (χ4v) is 2.70. The van der Waals surface area contributed by atoms with Gasteiger partial charge in [-0.2, -0.15) is 0 Å². The molecule has 2 N–H and O–H groups in total. The maximum absolute atomic E-state index is 5.88. The molecule has 0 bridgehead atoms. The number of rotatable bonds is 3. The zero-order chi connectivity index (χ0) is 11.7. The average molecular weight is 238 g/mol. The van der Waals surface area contributed by atoms with Crippen molar-refractivity contribution in [3.63, 3.8) is 0 Å². The normalized spacial score (nSPS) is 29.5. The molecular weight excluding hydrogens is 220 g/mol. The molecule has 7 nitrogen and oxygen atoms in total. The molecule has 0 radical (unpaired) electrons. The zero-order valence-corrected chi connectivity index (χ0v) is 9.83. The van der Waals surface area contributed by atoms with E-state index in [2.05, 4.69) is 20.4 Å². The first-order valence-corrected chi connectivity index (χ1v) is 6.20. The molecular formula is C10H18N6O. The number of fused-ring (bicyclic) bond motifs is 1. The summed E-state index contributed by atoms with van der Waals surface area (Å²) in [4.78, 5) is 2.48. The lowest BCUT2D eigenvalue weighted by Crippen LogP contribution is -2.43. The van der Waals surface area contributed by atoms with Crippen molar-refractivity contribution in [3.05, 3.63) is 5.82 Å². The molecule has 2 aliphatic heterocycles. The van der Waals surface area contributed by atoms with Gasteiger partial charge in [0.1, 0.15) is 6.10 Å². The van der Waals surface area contributed by atoms with Crippen molar-refractivity contribution in [1.82, 2.24) is 25.1 Å². The second-order valence-electron chi connectivity index (χ2n) is 4.66. The van der Waals surface area contributed by atoms with E-state index in [1.165, 1.54) is 19.4 Å². The van der Waals surface area contributed by atoms with Crippen LogP contribution < -0.4 is 5.73 Å². The first-order valence-electron chi connectivity index (χ1n) is 6.20. The average Bonchev–Trinajstić information content (AvgIpc) is 2.96. The minimum atomic E-state index is -0.00843. The molecule has 2 unspecified atom stereocenters. The van der Waals surface area contributed by atoms with Gasteiger partial charge >= 0.3 is 0 Å². The van der Waals surface area contributed by atoms with Gasteiger partial charge in [-0.1, -0.05) is 0 Å². The van der Waals surface area contributed by atoms with Gasteiger partial charge < -0.3 is 10.5 Å². The number of ether oxygens (including phenoxy) is 1. The number of nitrogens with zero attached hydrogens (tertiary/aromatic N) is 5. The molecule has 1 aromatic heterocycles. The summed E-state index contributed by atoms with van der Waals surface area (Å²) >= 11 is 0. The van der Waals surface area contributed by atoms with Crippen LogP contribution in [0.3, 0.4) is 0 Å². The third kappa shape index (κ3) is 2.05. The van der Waals surface area contributed by atoms with Crippen LogP contribution >= 0.6 is 0 Å². The molecule has 0 aliphatic carbocycles. The number of nitrogens with two attached hydrogens (primary N) is 1. The molecule has 0 aromatic carbocycles. The Balaban J connectivity index is 1.73. The smallest absolute Gasteiger partial charge is 0.181 e. The molecule has 2 saturated heterocycles. The van der Waals surface area contributed by atoms with Crippen molar-refractivity contribution in [2.45, 2.75) is 31.5 Å². The molecule has 2 atom stereocenters. The van der Waals surface area contributed by atoms with Crippen LogP contribution in [0.2, 0.25) is 0 Å². The van der Waals surface area contributed by atoms with Gasteiger partial charge in [0.15, 0.2) is 5.82 Å². The monoisotopic (exact) mass is 238 g/mol. The third-order valence-electron chi connectivity index (χ3n) is 3.58. The Kier molecular flexibility index (Phi) is 3.04. The Morgan fingerprint density at radius 2 is 2.41 bits per heavy atom. The van der Waals surface area contributed by atoms with Gasteiger partial charge in [0.25, 0.3) is 0 Å². The number of hydrogen-bond acceptors (Lipinski definition) is 6. The van der Waals surface area contributed by atoms with Crippen LogP contribution in [0.25, 0.3) is 0 Å². The Hall–Kier alpha value is -1.05. The van der Waals surface area contributed by atoms with Gasteiger partial charge in [0.2, 0.25) is 0 Å². The molecule has 3 rings (SSSR count). The first kappa shape index (κ1) is 11.1. The topological polar surface area (TPSA) is 82.1 Å². The molecule has 7 heteroatoms. The SMILES string of the molecule is NCCn1nnnc1C1CN2CCCC2CO1. The lowest BCUT2D eigenvalue weighted by atomic mass is 10.2. The maximum Gasteiger partial charge on any atom is 0.181 e. The van der Waals surface area contributed by atoms with Crippen molar-refractivity contribution in [2.75, 3.05) is 26.2 Å². The van der Waals surface area contributed by atoms with Gasteiger partial charge in [-0.25, -0.2) is 4.68 Å². The maximum atomic E-state index is 5.88. The van der Waals surface area contributed by atoms with E-state index in [1.54, 1.807) is 4.68 Å². The van der Waals surface area contributed by atoms with Gasteiger partial charge in [0, 0.05) is 19.1 Å². The molecule has 0 spiro atoms. The Labute approximate surface area is 99.9 Å². The van der Waals surface area contributed by atoms with E-state index in [4.69, 9.17) is 10.5 Å². The minimum absolute atomic E-state index is 0.00843. The van der Waals surface area contributed by atoms with E-state index in [-0.39, 0.29) is 6.10 Å². The van der Waals surface area contributed by atoms with Crippen LogP contribution in [-0.4, -0.2) is 57.4 Å². The van der Waals surface area contributed by atoms with Gasteiger partial charge in [-0.05, 0) is 29.8 Å². The van der Waals surface area contributed by atoms with Crippen molar-refractivity contribution >= 4 is 0 Å². The van der Waals surface area contributed by atoms with Crippen LogP contribution in [0.4, 0.5) is 0 Å². The summed E-state index contributed by atoms with van der Waals surface area (Å²) in [6.07, 6.45) is 2.51. The predicted molar refractivity (Wildman–Crippen MR) is 60.2 cm³/mol. The van der Waals surface area contributed by atoms with Crippen molar-refractivity contribution < 1.29 is 4.74 Å². The summed E-state index contributed by atoms with van der Waals surface area (Å²) in [5.41, 5.74) is 5.54. The number of morpholine rings is 1. The summed E-state index contributed by atoms with van der Waals surface area (Å²) in [5, 5.41) is 11.7. The molecule has 3 heterocycles. The van der Waals surface area contributed by atoms with Crippen LogP contribution in [-0.2, 0) is 11.3 Å². The van der Waals surface area contributed by atoms with Gasteiger partial charge in [0.05, 0.1) is 13.2 Å². The molecule has 94 valence electrons. The summed E-state index contributed by atoms with van der Waals surface area (Å²) in [5.74, 6) is 0.806. The van der Waals surface area contributed by atoms with E-state index in [0.29, 0.717) is 19.1 Å². The predicted octanol–water partition coefficient (Wildman–Crippen LogP) is -0.832. The summed E-state index contributed by atoms with van der Waals surface area (Å²) in [7, 11) is 0. The molecule has 0 amide bonds. The fraction of sp³-hybridized carbons (Fsp3) is 0.900. The van der Waals surface area contributed by atoms with Crippen LogP contribution in [0, 0.1) is 0 Å². The number of hydrogen-bond donors (Lipinski definition) is 1. The van der Waals surface area contributed by atoms with Crippen molar-refractivity contribution in [2.24, 2.45) is 5.73 Å². The van der Waals surface area contributed by atoms with Crippen LogP contribution in [0.15, 0.2) is 0 Å². The summed E-state index contributed by atoms with van der Waals surface area (Å²) in [6.45, 7) is 4.04. The first-order chi connectivity index (χ1) is 8.38. The van der Waals surface area contributed by atoms with E-state index < -0.39 is 0 Å². The Bertz CT molecular complexity index is 381. The standard InChI is InChI=1S/C10H18N6O/c11-3-5-16-10(12-13-14-16)9-6-15-4-1-2-8(15)7-17-9/h8-9H,1-7,11H2. The Morgan fingerprint density at radius 3 is 3.29 bits per heavy atom. The molecule has 2 fully saturated rings. The Morgan fingerprint density at radius 1 is 1.47 bits per heavy atom. The van der Waals surface area contributed by atoms with Crippen LogP contribution in [0.1, 0.15) is 24.8 Å². The van der Waals surface area contributed by atoms with Gasteiger partial charge in [-0.15, -0.1) is 5.10 Å². The van der Waals surface area contributed by atoms with E-state index >= 15 is 0 Å². The number of tetrazole rings is 1. The third-order valence-corrected chi connectivity index (χ3v) is 3.58. The van der Waals surface area contributed by atoms with E-state index in [9.17, 15) is 0 Å².